The second kappa shape index (κ2) is 6.24. The van der Waals surface area contributed by atoms with Gasteiger partial charge < -0.3 is 0 Å². The van der Waals surface area contributed by atoms with E-state index in [0.717, 1.165) is 0 Å². The normalized spacial score (nSPS) is 10.6. The van der Waals surface area contributed by atoms with Crippen molar-refractivity contribution in [1.29, 1.82) is 0 Å². The summed E-state index contributed by atoms with van der Waals surface area (Å²) < 4.78 is 1.98. The van der Waals surface area contributed by atoms with Gasteiger partial charge in [0.2, 0.25) is 0 Å². The van der Waals surface area contributed by atoms with E-state index >= 15 is 0 Å². The summed E-state index contributed by atoms with van der Waals surface area (Å²) in [6, 6.07) is 20.2. The van der Waals surface area contributed by atoms with Crippen LogP contribution in [0.15, 0.2) is 60.7 Å². The first-order valence-corrected chi connectivity index (χ1v) is 8.63. The molecule has 0 unspecified atom stereocenters. The molecule has 0 bridgehead atoms. The Kier molecular flexibility index (Phi) is 4.65. The first-order valence-electron chi connectivity index (χ1n) is 4.94. The van der Waals surface area contributed by atoms with Crippen LogP contribution in [0.2, 0.25) is 0 Å². The van der Waals surface area contributed by atoms with E-state index in [1.54, 1.807) is 0 Å². The first-order chi connectivity index (χ1) is 7.84. The number of benzene rings is 2. The predicted octanol–water partition coefficient (Wildman–Crippen LogP) is 0.760. The first kappa shape index (κ1) is 11.9. The average molecular weight is 341 g/mol. The zero-order chi connectivity index (χ0) is 11.2. The zero-order valence-electron chi connectivity index (χ0n) is 8.58. The van der Waals surface area contributed by atoms with Crippen molar-refractivity contribution < 1.29 is 5.11 Å². The van der Waals surface area contributed by atoms with E-state index in [-0.39, 0.29) is 29.9 Å². The molecular weight excluding hydrogens is 330 g/mol. The summed E-state index contributed by atoms with van der Waals surface area (Å²) in [6.07, 6.45) is 0. The molecular formula is C13H11OSe2. The molecule has 0 fully saturated rings. The second-order valence-electron chi connectivity index (χ2n) is 3.15. The van der Waals surface area contributed by atoms with Crippen LogP contribution in [0, 0.1) is 0 Å². The minimum atomic E-state index is -0.426. The summed E-state index contributed by atoms with van der Waals surface area (Å²) in [5.41, 5.74) is 0. The van der Waals surface area contributed by atoms with Gasteiger partial charge in [0.05, 0.1) is 0 Å². The summed E-state index contributed by atoms with van der Waals surface area (Å²) in [7, 11) is 0. The van der Waals surface area contributed by atoms with Gasteiger partial charge in [-0.2, -0.15) is 0 Å². The van der Waals surface area contributed by atoms with Gasteiger partial charge >= 0.3 is 109 Å². The van der Waals surface area contributed by atoms with Gasteiger partial charge in [-0.1, -0.05) is 0 Å². The van der Waals surface area contributed by atoms with Gasteiger partial charge in [-0.3, -0.25) is 0 Å². The van der Waals surface area contributed by atoms with Crippen molar-refractivity contribution in [3.05, 3.63) is 60.7 Å². The molecule has 2 aromatic carbocycles. The average Bonchev–Trinajstić information content (AvgIpc) is 2.31. The van der Waals surface area contributed by atoms with E-state index in [1.165, 1.54) is 8.92 Å². The third-order valence-electron chi connectivity index (χ3n) is 1.95. The third-order valence-corrected chi connectivity index (χ3v) is 7.14. The SMILES string of the molecule is [O]C([Se]c1ccccc1)[Se]c1ccccc1. The summed E-state index contributed by atoms with van der Waals surface area (Å²) in [5.74, 6) is 0. The van der Waals surface area contributed by atoms with Crippen molar-refractivity contribution in [2.24, 2.45) is 0 Å². The minimum absolute atomic E-state index is 0.0527. The molecule has 0 aromatic heterocycles. The molecule has 0 atom stereocenters. The Hall–Kier alpha value is -0.561. The molecule has 81 valence electrons. The van der Waals surface area contributed by atoms with Crippen LogP contribution in [0.1, 0.15) is 0 Å². The van der Waals surface area contributed by atoms with Crippen LogP contribution >= 0.6 is 0 Å². The molecule has 0 saturated carbocycles. The summed E-state index contributed by atoms with van der Waals surface area (Å²) in [4.78, 5) is 0. The fourth-order valence-corrected chi connectivity index (χ4v) is 6.54. The Morgan fingerprint density at radius 3 is 1.44 bits per heavy atom. The van der Waals surface area contributed by atoms with Crippen LogP contribution in [0.3, 0.4) is 0 Å². The molecule has 16 heavy (non-hydrogen) atoms. The van der Waals surface area contributed by atoms with Gasteiger partial charge in [0, 0.05) is 0 Å². The number of hydrogen-bond acceptors (Lipinski definition) is 0. The van der Waals surface area contributed by atoms with Crippen LogP contribution < -0.4 is 8.92 Å². The molecule has 0 aliphatic heterocycles. The van der Waals surface area contributed by atoms with Gasteiger partial charge in [-0.05, 0) is 0 Å². The molecule has 1 radical (unpaired) electrons. The Morgan fingerprint density at radius 2 is 1.06 bits per heavy atom. The molecule has 3 heteroatoms. The Bertz CT molecular complexity index is 375. The molecule has 0 N–H and O–H groups in total. The molecule has 2 aromatic rings. The quantitative estimate of drug-likeness (QED) is 0.732. The Morgan fingerprint density at radius 1 is 0.688 bits per heavy atom. The molecule has 0 saturated heterocycles. The van der Waals surface area contributed by atoms with Gasteiger partial charge in [-0.15, -0.1) is 0 Å². The molecule has 0 spiro atoms. The molecule has 2 rings (SSSR count). The topological polar surface area (TPSA) is 19.9 Å². The third kappa shape index (κ3) is 3.78. The van der Waals surface area contributed by atoms with E-state index in [4.69, 9.17) is 0 Å². The van der Waals surface area contributed by atoms with E-state index in [9.17, 15) is 5.11 Å². The molecule has 0 heterocycles. The van der Waals surface area contributed by atoms with E-state index in [0.29, 0.717) is 0 Å². The van der Waals surface area contributed by atoms with E-state index in [1.807, 2.05) is 60.7 Å². The fraction of sp³-hybridized carbons (Fsp3) is 0.0769. The van der Waals surface area contributed by atoms with Crippen LogP contribution in [0.5, 0.6) is 0 Å². The van der Waals surface area contributed by atoms with Crippen LogP contribution in [0.4, 0.5) is 0 Å². The Balaban J connectivity index is 1.92. The Labute approximate surface area is 108 Å². The van der Waals surface area contributed by atoms with Gasteiger partial charge in [0.1, 0.15) is 0 Å². The maximum atomic E-state index is 11.9. The number of rotatable bonds is 4. The van der Waals surface area contributed by atoms with E-state index in [2.05, 4.69) is 0 Å². The van der Waals surface area contributed by atoms with Crippen molar-refractivity contribution in [1.82, 2.24) is 0 Å². The molecule has 0 aliphatic rings. The van der Waals surface area contributed by atoms with Crippen molar-refractivity contribution in [2.75, 3.05) is 0 Å². The summed E-state index contributed by atoms with van der Waals surface area (Å²) in [5, 5.41) is 11.9. The van der Waals surface area contributed by atoms with Crippen molar-refractivity contribution in [3.8, 4) is 0 Å². The van der Waals surface area contributed by atoms with Crippen molar-refractivity contribution in [2.45, 2.75) is 3.90 Å². The van der Waals surface area contributed by atoms with Gasteiger partial charge in [0.25, 0.3) is 0 Å². The van der Waals surface area contributed by atoms with Gasteiger partial charge in [0.15, 0.2) is 0 Å². The molecule has 1 nitrogen and oxygen atoms in total. The van der Waals surface area contributed by atoms with Crippen molar-refractivity contribution >= 4 is 38.8 Å². The predicted molar refractivity (Wildman–Crippen MR) is 68.1 cm³/mol. The monoisotopic (exact) mass is 343 g/mol. The van der Waals surface area contributed by atoms with Crippen LogP contribution in [0.25, 0.3) is 0 Å². The fourth-order valence-electron chi connectivity index (χ4n) is 1.24. The number of hydrogen-bond donors (Lipinski definition) is 0. The maximum absolute atomic E-state index is 11.9. The van der Waals surface area contributed by atoms with Crippen LogP contribution in [-0.2, 0) is 5.11 Å². The summed E-state index contributed by atoms with van der Waals surface area (Å²) >= 11 is 0.105. The standard InChI is InChI=1S/C13H11OSe2/c14-13(15-11-7-3-1-4-8-11)16-12-9-5-2-6-10-12/h1-10,13H. The molecule has 0 amide bonds. The van der Waals surface area contributed by atoms with Crippen LogP contribution in [-0.4, -0.2) is 33.8 Å². The van der Waals surface area contributed by atoms with E-state index < -0.39 is 3.90 Å². The van der Waals surface area contributed by atoms with Crippen molar-refractivity contribution in [3.63, 3.8) is 0 Å². The zero-order valence-corrected chi connectivity index (χ0v) is 12.0. The summed E-state index contributed by atoms with van der Waals surface area (Å²) in [6.45, 7) is 0. The molecule has 0 aliphatic carbocycles. The second-order valence-corrected chi connectivity index (χ2v) is 9.43. The van der Waals surface area contributed by atoms with Gasteiger partial charge in [-0.25, -0.2) is 0 Å².